The highest BCUT2D eigenvalue weighted by atomic mass is 31.2. The summed E-state index contributed by atoms with van der Waals surface area (Å²) in [6.45, 7) is 13.4. The number of amides is 1. The number of hydrogen-bond acceptors (Lipinski definition) is 5. The Hall–Kier alpha value is -0.500. The molecule has 1 amide bonds. The molecule has 2 unspecified atom stereocenters. The van der Waals surface area contributed by atoms with Gasteiger partial charge in [0.05, 0.1) is 18.3 Å². The third-order valence-corrected chi connectivity index (χ3v) is 8.89. The monoisotopic (exact) mass is 491 g/mol. The Morgan fingerprint density at radius 2 is 1.64 bits per heavy atom. The zero-order chi connectivity index (χ0) is 25.3. The van der Waals surface area contributed by atoms with E-state index < -0.39 is 18.9 Å². The van der Waals surface area contributed by atoms with Crippen LogP contribution in [0.3, 0.4) is 0 Å². The fourth-order valence-electron chi connectivity index (χ4n) is 3.89. The van der Waals surface area contributed by atoms with Gasteiger partial charge < -0.3 is 19.3 Å². The molecular weight excluding hydrogens is 441 g/mol. The van der Waals surface area contributed by atoms with Gasteiger partial charge in [-0.1, -0.05) is 39.0 Å². The van der Waals surface area contributed by atoms with Gasteiger partial charge in [-0.2, -0.15) is 0 Å². The van der Waals surface area contributed by atoms with Crippen LogP contribution in [0, 0.1) is 0 Å². The Kier molecular flexibility index (Phi) is 12.5. The van der Waals surface area contributed by atoms with Gasteiger partial charge in [-0.05, 0) is 61.6 Å². The van der Waals surface area contributed by atoms with E-state index in [9.17, 15) is 14.5 Å². The van der Waals surface area contributed by atoms with Crippen molar-refractivity contribution in [2.45, 2.75) is 104 Å². The zero-order valence-corrected chi connectivity index (χ0v) is 23.3. The number of carbonyl (C=O) groups is 1. The fraction of sp³-hybridized carbons (Fsp3) is 0.958. The number of carbonyl (C=O) groups excluding carboxylic acids is 1. The molecule has 9 heteroatoms. The molecule has 0 bridgehead atoms. The second kappa shape index (κ2) is 13.6. The summed E-state index contributed by atoms with van der Waals surface area (Å²) in [7, 11) is 0.447. The average molecular weight is 492 g/mol. The lowest BCUT2D eigenvalue weighted by Gasteiger charge is -2.42. The van der Waals surface area contributed by atoms with Crippen LogP contribution in [0.4, 0.5) is 0 Å². The minimum atomic E-state index is -3.15. The summed E-state index contributed by atoms with van der Waals surface area (Å²) in [5.41, 5.74) is -1.80. The van der Waals surface area contributed by atoms with E-state index in [1.165, 1.54) is 25.7 Å². The summed E-state index contributed by atoms with van der Waals surface area (Å²) >= 11 is 0. The highest BCUT2D eigenvalue weighted by Crippen LogP contribution is 2.54. The summed E-state index contributed by atoms with van der Waals surface area (Å²) < 4.78 is 29.4. The molecule has 1 rings (SSSR count). The van der Waals surface area contributed by atoms with Gasteiger partial charge in [0.25, 0.3) is 5.91 Å². The standard InChI is InChI=1S/C24H50N3O5P/c1-9-10-11-12-13-14-21(2)32-33(30,25(7)8)27-18-16-26(17-19-27)22(28)24(5,6)31-20-15-23(3,4)29/h21,29H,9-20H2,1-8H3. The largest absolute Gasteiger partial charge is 0.390 e. The molecule has 0 radical (unpaired) electrons. The van der Waals surface area contributed by atoms with E-state index in [1.54, 1.807) is 51.4 Å². The predicted octanol–water partition coefficient (Wildman–Crippen LogP) is 4.52. The van der Waals surface area contributed by atoms with Gasteiger partial charge in [0.1, 0.15) is 5.60 Å². The van der Waals surface area contributed by atoms with Crippen LogP contribution in [0.2, 0.25) is 0 Å². The van der Waals surface area contributed by atoms with Crippen molar-refractivity contribution in [3.63, 3.8) is 0 Å². The van der Waals surface area contributed by atoms with E-state index in [4.69, 9.17) is 9.26 Å². The summed E-state index contributed by atoms with van der Waals surface area (Å²) in [5, 5.41) is 9.87. The third-order valence-electron chi connectivity index (χ3n) is 6.13. The van der Waals surface area contributed by atoms with Gasteiger partial charge in [-0.3, -0.25) is 9.36 Å². The number of rotatable bonds is 15. The minimum absolute atomic E-state index is 0.0809. The fourth-order valence-corrected chi connectivity index (χ4v) is 5.97. The Morgan fingerprint density at radius 1 is 1.06 bits per heavy atom. The van der Waals surface area contributed by atoms with Crippen LogP contribution in [-0.2, 0) is 18.6 Å². The SMILES string of the molecule is CCCCCCCC(C)OP(=O)(N(C)C)N1CCN(C(=O)C(C)(C)OCCC(C)(C)O)CC1. The minimum Gasteiger partial charge on any atom is -0.390 e. The highest BCUT2D eigenvalue weighted by molar-refractivity contribution is 7.53. The first-order valence-corrected chi connectivity index (χ1v) is 14.1. The number of hydrogen-bond donors (Lipinski definition) is 1. The summed E-state index contributed by atoms with van der Waals surface area (Å²) in [4.78, 5) is 14.8. The van der Waals surface area contributed by atoms with Crippen LogP contribution >= 0.6 is 7.67 Å². The van der Waals surface area contributed by atoms with Crippen molar-refractivity contribution >= 4 is 13.6 Å². The van der Waals surface area contributed by atoms with Crippen molar-refractivity contribution in [2.75, 3.05) is 46.9 Å². The molecule has 0 spiro atoms. The molecule has 0 saturated carbocycles. The Morgan fingerprint density at radius 3 is 2.15 bits per heavy atom. The second-order valence-electron chi connectivity index (χ2n) is 10.6. The third kappa shape index (κ3) is 10.3. The highest BCUT2D eigenvalue weighted by Gasteiger charge is 2.41. The first kappa shape index (κ1) is 30.5. The maximum atomic E-state index is 13.8. The molecule has 2 atom stereocenters. The molecule has 0 aromatic carbocycles. The number of nitrogens with zero attached hydrogens (tertiary/aromatic N) is 3. The average Bonchev–Trinajstić information content (AvgIpc) is 2.71. The lowest BCUT2D eigenvalue weighted by molar-refractivity contribution is -0.157. The van der Waals surface area contributed by atoms with Crippen molar-refractivity contribution in [3.05, 3.63) is 0 Å². The number of ether oxygens (including phenoxy) is 1. The van der Waals surface area contributed by atoms with Crippen LogP contribution in [0.15, 0.2) is 0 Å². The lowest BCUT2D eigenvalue weighted by atomic mass is 10.0. The molecule has 0 aromatic rings. The molecule has 1 saturated heterocycles. The molecule has 0 aromatic heterocycles. The molecule has 1 fully saturated rings. The Labute approximate surface area is 202 Å². The van der Waals surface area contributed by atoms with Crippen LogP contribution in [0.1, 0.15) is 86.5 Å². The smallest absolute Gasteiger partial charge is 0.345 e. The Bertz CT molecular complexity index is 628. The van der Waals surface area contributed by atoms with E-state index in [1.807, 2.05) is 11.6 Å². The molecule has 1 aliphatic heterocycles. The maximum Gasteiger partial charge on any atom is 0.345 e. The van der Waals surface area contributed by atoms with Crippen LogP contribution < -0.4 is 0 Å². The van der Waals surface area contributed by atoms with Crippen LogP contribution in [0.5, 0.6) is 0 Å². The molecule has 1 N–H and O–H groups in total. The topological polar surface area (TPSA) is 82.6 Å². The second-order valence-corrected chi connectivity index (χ2v) is 13.2. The molecule has 8 nitrogen and oxygen atoms in total. The lowest BCUT2D eigenvalue weighted by Crippen LogP contribution is -2.54. The first-order valence-electron chi connectivity index (χ1n) is 12.6. The summed E-state index contributed by atoms with van der Waals surface area (Å²) in [6.07, 6.45) is 7.26. The molecule has 196 valence electrons. The normalized spacial score (nSPS) is 19.0. The first-order chi connectivity index (χ1) is 15.2. The van der Waals surface area contributed by atoms with Gasteiger partial charge in [-0.15, -0.1) is 0 Å². The predicted molar refractivity (Wildman–Crippen MR) is 134 cm³/mol. The van der Waals surface area contributed by atoms with Crippen molar-refractivity contribution in [3.8, 4) is 0 Å². The van der Waals surface area contributed by atoms with Gasteiger partial charge in [-0.25, -0.2) is 9.34 Å². The van der Waals surface area contributed by atoms with E-state index in [2.05, 4.69) is 6.92 Å². The molecular formula is C24H50N3O5P. The quantitative estimate of drug-likeness (QED) is 0.266. The van der Waals surface area contributed by atoms with E-state index in [-0.39, 0.29) is 12.0 Å². The molecule has 1 heterocycles. The number of unbranched alkanes of at least 4 members (excludes halogenated alkanes) is 4. The van der Waals surface area contributed by atoms with Crippen molar-refractivity contribution in [1.82, 2.24) is 14.2 Å². The summed E-state index contributed by atoms with van der Waals surface area (Å²) in [6, 6.07) is 0. The summed E-state index contributed by atoms with van der Waals surface area (Å²) in [5.74, 6) is -0.0843. The van der Waals surface area contributed by atoms with Crippen molar-refractivity contribution in [1.29, 1.82) is 0 Å². The number of aliphatic hydroxyl groups is 1. The molecule has 0 aliphatic carbocycles. The molecule has 33 heavy (non-hydrogen) atoms. The van der Waals surface area contributed by atoms with Gasteiger partial charge in [0.2, 0.25) is 0 Å². The van der Waals surface area contributed by atoms with E-state index >= 15 is 0 Å². The maximum absolute atomic E-state index is 13.8. The Balaban J connectivity index is 2.62. The van der Waals surface area contributed by atoms with Crippen molar-refractivity contribution in [2.24, 2.45) is 0 Å². The van der Waals surface area contributed by atoms with Crippen molar-refractivity contribution < 1.29 is 23.7 Å². The van der Waals surface area contributed by atoms with Gasteiger partial charge >= 0.3 is 7.67 Å². The number of piperazine rings is 1. The molecule has 1 aliphatic rings. The van der Waals surface area contributed by atoms with E-state index in [0.29, 0.717) is 39.2 Å². The van der Waals surface area contributed by atoms with Gasteiger partial charge in [0, 0.05) is 26.2 Å². The van der Waals surface area contributed by atoms with Gasteiger partial charge in [0.15, 0.2) is 0 Å². The van der Waals surface area contributed by atoms with Crippen LogP contribution in [0.25, 0.3) is 0 Å². The van der Waals surface area contributed by atoms with Crippen LogP contribution in [-0.4, -0.2) is 89.4 Å². The van der Waals surface area contributed by atoms with E-state index in [0.717, 1.165) is 12.8 Å². The zero-order valence-electron chi connectivity index (χ0n) is 22.4.